The van der Waals surface area contributed by atoms with E-state index >= 15 is 0 Å². The zero-order valence-corrected chi connectivity index (χ0v) is 7.18. The average Bonchev–Trinajstić information content (AvgIpc) is 2.64. The van der Waals surface area contributed by atoms with Crippen LogP contribution in [0, 0.1) is 11.8 Å². The maximum absolute atomic E-state index is 5.67. The molecule has 0 aromatic heterocycles. The van der Waals surface area contributed by atoms with Gasteiger partial charge in [-0.25, -0.2) is 0 Å². The summed E-state index contributed by atoms with van der Waals surface area (Å²) in [6.45, 7) is 5.44. The zero-order valence-electron chi connectivity index (χ0n) is 7.18. The van der Waals surface area contributed by atoms with Crippen molar-refractivity contribution in [1.29, 1.82) is 0 Å². The minimum absolute atomic E-state index is 0.535. The van der Waals surface area contributed by atoms with E-state index in [1.54, 1.807) is 0 Å². The van der Waals surface area contributed by atoms with Crippen LogP contribution >= 0.6 is 0 Å². The first kappa shape index (κ1) is 7.56. The smallest absolute Gasteiger partial charge is 0.0823 e. The summed E-state index contributed by atoms with van der Waals surface area (Å²) in [5.74, 6) is 1.89. The Bertz CT molecular complexity index is 134. The summed E-state index contributed by atoms with van der Waals surface area (Å²) in [6.07, 6.45) is 3.29. The van der Waals surface area contributed by atoms with E-state index in [-0.39, 0.29) is 0 Å². The summed E-state index contributed by atoms with van der Waals surface area (Å²) in [5, 5.41) is 3.21. The second-order valence-corrected chi connectivity index (χ2v) is 3.78. The first-order chi connectivity index (χ1) is 5.40. The van der Waals surface area contributed by atoms with Crippen molar-refractivity contribution in [3.63, 3.8) is 0 Å². The molecule has 1 aliphatic heterocycles. The normalized spacial score (nSPS) is 36.8. The molecular formula is C9H17NO. The van der Waals surface area contributed by atoms with Crippen LogP contribution in [0.5, 0.6) is 0 Å². The standard InChI is InChI=1S/C9H17NO/c1-2-7-3-8(7)6-11-9-4-10-5-9/h7-10H,2-6H2,1H3. The monoisotopic (exact) mass is 155 g/mol. The van der Waals surface area contributed by atoms with Gasteiger partial charge >= 0.3 is 0 Å². The van der Waals surface area contributed by atoms with Crippen molar-refractivity contribution in [3.8, 4) is 0 Å². The van der Waals surface area contributed by atoms with E-state index in [0.29, 0.717) is 6.10 Å². The lowest BCUT2D eigenvalue weighted by Crippen LogP contribution is -2.48. The average molecular weight is 155 g/mol. The van der Waals surface area contributed by atoms with E-state index in [0.717, 1.165) is 31.5 Å². The van der Waals surface area contributed by atoms with Gasteiger partial charge < -0.3 is 10.1 Å². The molecule has 64 valence electrons. The Labute approximate surface area is 68.3 Å². The van der Waals surface area contributed by atoms with Crippen LogP contribution in [0.25, 0.3) is 0 Å². The summed E-state index contributed by atoms with van der Waals surface area (Å²) >= 11 is 0. The van der Waals surface area contributed by atoms with E-state index in [4.69, 9.17) is 4.74 Å². The van der Waals surface area contributed by atoms with Crippen LogP contribution in [-0.4, -0.2) is 25.8 Å². The van der Waals surface area contributed by atoms with Crippen molar-refractivity contribution in [3.05, 3.63) is 0 Å². The highest BCUT2D eigenvalue weighted by molar-refractivity contribution is 4.86. The molecule has 11 heavy (non-hydrogen) atoms. The Morgan fingerprint density at radius 1 is 1.36 bits per heavy atom. The molecule has 0 aromatic carbocycles. The van der Waals surface area contributed by atoms with Crippen LogP contribution in [0.2, 0.25) is 0 Å². The zero-order chi connectivity index (χ0) is 7.68. The Kier molecular flexibility index (Phi) is 2.14. The SMILES string of the molecule is CCC1CC1COC1CNC1. The Balaban J connectivity index is 1.54. The fraction of sp³-hybridized carbons (Fsp3) is 1.00. The van der Waals surface area contributed by atoms with Gasteiger partial charge in [0.15, 0.2) is 0 Å². The van der Waals surface area contributed by atoms with E-state index in [1.165, 1.54) is 12.8 Å². The van der Waals surface area contributed by atoms with Crippen LogP contribution in [0.1, 0.15) is 19.8 Å². The van der Waals surface area contributed by atoms with Gasteiger partial charge in [0.05, 0.1) is 12.7 Å². The fourth-order valence-electron chi connectivity index (χ4n) is 1.65. The first-order valence-electron chi connectivity index (χ1n) is 4.72. The van der Waals surface area contributed by atoms with Gasteiger partial charge in [-0.15, -0.1) is 0 Å². The molecular weight excluding hydrogens is 138 g/mol. The Morgan fingerprint density at radius 3 is 2.64 bits per heavy atom. The number of hydrogen-bond donors (Lipinski definition) is 1. The Morgan fingerprint density at radius 2 is 2.18 bits per heavy atom. The highest BCUT2D eigenvalue weighted by atomic mass is 16.5. The topological polar surface area (TPSA) is 21.3 Å². The van der Waals surface area contributed by atoms with E-state index in [2.05, 4.69) is 12.2 Å². The quantitative estimate of drug-likeness (QED) is 0.654. The highest BCUT2D eigenvalue weighted by Gasteiger charge is 2.36. The molecule has 0 radical (unpaired) electrons. The van der Waals surface area contributed by atoms with Gasteiger partial charge in [-0.05, 0) is 18.3 Å². The molecule has 2 fully saturated rings. The van der Waals surface area contributed by atoms with Gasteiger partial charge in [0, 0.05) is 13.1 Å². The summed E-state index contributed by atoms with van der Waals surface area (Å²) in [4.78, 5) is 0. The van der Waals surface area contributed by atoms with Crippen LogP contribution < -0.4 is 5.32 Å². The summed E-state index contributed by atoms with van der Waals surface area (Å²) in [5.41, 5.74) is 0. The van der Waals surface area contributed by atoms with E-state index in [9.17, 15) is 0 Å². The molecule has 0 spiro atoms. The maximum Gasteiger partial charge on any atom is 0.0823 e. The predicted molar refractivity (Wildman–Crippen MR) is 44.5 cm³/mol. The lowest BCUT2D eigenvalue weighted by Gasteiger charge is -2.27. The largest absolute Gasteiger partial charge is 0.375 e. The number of hydrogen-bond acceptors (Lipinski definition) is 2. The molecule has 2 heteroatoms. The molecule has 0 bridgehead atoms. The number of rotatable bonds is 4. The molecule has 1 aliphatic carbocycles. The van der Waals surface area contributed by atoms with Crippen molar-refractivity contribution in [2.24, 2.45) is 11.8 Å². The predicted octanol–water partition coefficient (Wildman–Crippen LogP) is 1.02. The van der Waals surface area contributed by atoms with Gasteiger partial charge in [0.1, 0.15) is 0 Å². The molecule has 2 unspecified atom stereocenters. The third-order valence-corrected chi connectivity index (χ3v) is 2.88. The van der Waals surface area contributed by atoms with Crippen molar-refractivity contribution in [1.82, 2.24) is 5.32 Å². The fourth-order valence-corrected chi connectivity index (χ4v) is 1.65. The van der Waals surface area contributed by atoms with Crippen molar-refractivity contribution in [2.45, 2.75) is 25.9 Å². The molecule has 2 atom stereocenters. The molecule has 1 saturated carbocycles. The number of ether oxygens (including phenoxy) is 1. The molecule has 1 saturated heterocycles. The maximum atomic E-state index is 5.67. The van der Waals surface area contributed by atoms with Gasteiger partial charge in [-0.1, -0.05) is 13.3 Å². The van der Waals surface area contributed by atoms with Gasteiger partial charge in [-0.2, -0.15) is 0 Å². The van der Waals surface area contributed by atoms with E-state index in [1.807, 2.05) is 0 Å². The van der Waals surface area contributed by atoms with Crippen LogP contribution in [0.3, 0.4) is 0 Å². The first-order valence-corrected chi connectivity index (χ1v) is 4.72. The van der Waals surface area contributed by atoms with Gasteiger partial charge in [-0.3, -0.25) is 0 Å². The third kappa shape index (κ3) is 1.74. The minimum atomic E-state index is 0.535. The molecule has 0 amide bonds. The molecule has 0 aromatic rings. The molecule has 1 N–H and O–H groups in total. The second-order valence-electron chi connectivity index (χ2n) is 3.78. The number of nitrogens with one attached hydrogen (secondary N) is 1. The Hall–Kier alpha value is -0.0800. The molecule has 2 aliphatic rings. The minimum Gasteiger partial charge on any atom is -0.375 e. The third-order valence-electron chi connectivity index (χ3n) is 2.88. The van der Waals surface area contributed by atoms with Crippen molar-refractivity contribution in [2.75, 3.05) is 19.7 Å². The highest BCUT2D eigenvalue weighted by Crippen LogP contribution is 2.41. The van der Waals surface area contributed by atoms with Crippen LogP contribution in [-0.2, 0) is 4.74 Å². The van der Waals surface area contributed by atoms with Gasteiger partial charge in [0.2, 0.25) is 0 Å². The van der Waals surface area contributed by atoms with Crippen molar-refractivity contribution >= 4 is 0 Å². The molecule has 1 heterocycles. The molecule has 2 nitrogen and oxygen atoms in total. The summed E-state index contributed by atoms with van der Waals surface area (Å²) in [6, 6.07) is 0. The second kappa shape index (κ2) is 3.11. The summed E-state index contributed by atoms with van der Waals surface area (Å²) in [7, 11) is 0. The van der Waals surface area contributed by atoms with Crippen LogP contribution in [0.4, 0.5) is 0 Å². The van der Waals surface area contributed by atoms with E-state index < -0.39 is 0 Å². The van der Waals surface area contributed by atoms with Crippen LogP contribution in [0.15, 0.2) is 0 Å². The lowest BCUT2D eigenvalue weighted by atomic mass is 10.2. The van der Waals surface area contributed by atoms with Gasteiger partial charge in [0.25, 0.3) is 0 Å². The summed E-state index contributed by atoms with van der Waals surface area (Å²) < 4.78 is 5.67. The van der Waals surface area contributed by atoms with Crippen molar-refractivity contribution < 1.29 is 4.74 Å². The lowest BCUT2D eigenvalue weighted by molar-refractivity contribution is 0.0111. The molecule has 2 rings (SSSR count).